The maximum Gasteiger partial charge on any atom is 0.229 e. The number of nitrogens with one attached hydrogen (secondary N) is 1. The monoisotopic (exact) mass is 414 g/mol. The average Bonchev–Trinajstić information content (AvgIpc) is 3.14. The lowest BCUT2D eigenvalue weighted by Gasteiger charge is -2.33. The molecule has 1 saturated heterocycles. The van der Waals surface area contributed by atoms with Crippen molar-refractivity contribution in [1.29, 1.82) is 0 Å². The predicted molar refractivity (Wildman–Crippen MR) is 117 cm³/mol. The standard InChI is InChI=1S/C21H23ClN4OS/c1-3-16-10-17-19(23-12-24-21(17)28-16)26-8-4-5-14(11-26)20(27)25-15-7-6-13(2)18(22)9-15/h6-7,9-10,12,14H,3-5,8,11H2,1-2H3,(H,25,27). The van der Waals surface area contributed by atoms with E-state index in [0.717, 1.165) is 53.1 Å². The Hall–Kier alpha value is -2.18. The molecule has 2 aromatic heterocycles. The van der Waals surface area contributed by atoms with Gasteiger partial charge in [0, 0.05) is 28.7 Å². The van der Waals surface area contributed by atoms with E-state index in [1.807, 2.05) is 19.1 Å². The van der Waals surface area contributed by atoms with Crippen LogP contribution in [-0.2, 0) is 11.2 Å². The summed E-state index contributed by atoms with van der Waals surface area (Å²) < 4.78 is 0. The molecule has 1 atom stereocenters. The first-order valence-electron chi connectivity index (χ1n) is 9.60. The number of nitrogens with zero attached hydrogens (tertiary/aromatic N) is 3. The van der Waals surface area contributed by atoms with Crippen LogP contribution in [-0.4, -0.2) is 29.0 Å². The molecule has 1 unspecified atom stereocenters. The zero-order valence-electron chi connectivity index (χ0n) is 16.0. The molecule has 3 heterocycles. The summed E-state index contributed by atoms with van der Waals surface area (Å²) in [4.78, 5) is 26.4. The van der Waals surface area contributed by atoms with Gasteiger partial charge in [-0.1, -0.05) is 24.6 Å². The van der Waals surface area contributed by atoms with Crippen LogP contribution in [0.15, 0.2) is 30.6 Å². The third-order valence-electron chi connectivity index (χ3n) is 5.24. The van der Waals surface area contributed by atoms with Gasteiger partial charge in [0.15, 0.2) is 0 Å². The SMILES string of the molecule is CCc1cc2c(N3CCCC(C(=O)Nc4ccc(C)c(Cl)c4)C3)ncnc2s1. The van der Waals surface area contributed by atoms with Crippen molar-refractivity contribution < 1.29 is 4.79 Å². The number of carbonyl (C=O) groups is 1. The highest BCUT2D eigenvalue weighted by molar-refractivity contribution is 7.18. The average molecular weight is 415 g/mol. The number of carbonyl (C=O) groups excluding carboxylic acids is 1. The number of hydrogen-bond donors (Lipinski definition) is 1. The van der Waals surface area contributed by atoms with Gasteiger partial charge in [-0.2, -0.15) is 0 Å². The molecule has 1 aromatic carbocycles. The molecular weight excluding hydrogens is 392 g/mol. The van der Waals surface area contributed by atoms with Gasteiger partial charge in [0.05, 0.1) is 11.3 Å². The highest BCUT2D eigenvalue weighted by Gasteiger charge is 2.28. The fourth-order valence-electron chi connectivity index (χ4n) is 3.62. The second-order valence-corrected chi connectivity index (χ2v) is 8.74. The van der Waals surface area contributed by atoms with E-state index in [1.165, 1.54) is 4.88 Å². The summed E-state index contributed by atoms with van der Waals surface area (Å²) in [5.74, 6) is 0.898. The van der Waals surface area contributed by atoms with Crippen molar-refractivity contribution in [2.75, 3.05) is 23.3 Å². The van der Waals surface area contributed by atoms with E-state index < -0.39 is 0 Å². The molecule has 28 heavy (non-hydrogen) atoms. The third kappa shape index (κ3) is 3.84. The van der Waals surface area contributed by atoms with Crippen LogP contribution in [0.3, 0.4) is 0 Å². The first kappa shape index (κ1) is 19.2. The molecule has 5 nitrogen and oxygen atoms in total. The van der Waals surface area contributed by atoms with Gasteiger partial charge in [0.25, 0.3) is 0 Å². The Morgan fingerprint density at radius 2 is 2.21 bits per heavy atom. The van der Waals surface area contributed by atoms with Crippen LogP contribution < -0.4 is 10.2 Å². The summed E-state index contributed by atoms with van der Waals surface area (Å²) in [7, 11) is 0. The molecular formula is C21H23ClN4OS. The summed E-state index contributed by atoms with van der Waals surface area (Å²) in [6, 6.07) is 7.81. The Bertz CT molecular complexity index is 1020. The molecule has 0 aliphatic carbocycles. The number of hydrogen-bond acceptors (Lipinski definition) is 5. The summed E-state index contributed by atoms with van der Waals surface area (Å²) >= 11 is 7.90. The van der Waals surface area contributed by atoms with E-state index in [2.05, 4.69) is 33.2 Å². The summed E-state index contributed by atoms with van der Waals surface area (Å²) in [5, 5.41) is 4.78. The first-order chi connectivity index (χ1) is 13.5. The van der Waals surface area contributed by atoms with Crippen LogP contribution in [0.2, 0.25) is 5.02 Å². The fourth-order valence-corrected chi connectivity index (χ4v) is 4.73. The van der Waals surface area contributed by atoms with Crippen molar-refractivity contribution in [3.8, 4) is 0 Å². The van der Waals surface area contributed by atoms with Crippen molar-refractivity contribution in [3.05, 3.63) is 46.1 Å². The number of aryl methyl sites for hydroxylation is 2. The van der Waals surface area contributed by atoms with E-state index in [4.69, 9.17) is 11.6 Å². The van der Waals surface area contributed by atoms with Gasteiger partial charge < -0.3 is 10.2 Å². The van der Waals surface area contributed by atoms with Crippen molar-refractivity contribution >= 4 is 50.6 Å². The molecule has 0 saturated carbocycles. The minimum Gasteiger partial charge on any atom is -0.355 e. The second-order valence-electron chi connectivity index (χ2n) is 7.22. The maximum absolute atomic E-state index is 12.8. The summed E-state index contributed by atoms with van der Waals surface area (Å²) in [5.41, 5.74) is 1.74. The lowest BCUT2D eigenvalue weighted by Crippen LogP contribution is -2.41. The summed E-state index contributed by atoms with van der Waals surface area (Å²) in [6.07, 6.45) is 4.46. The van der Waals surface area contributed by atoms with Crippen LogP contribution in [0.25, 0.3) is 10.2 Å². The van der Waals surface area contributed by atoms with Gasteiger partial charge in [-0.05, 0) is 49.9 Å². The number of piperidine rings is 1. The van der Waals surface area contributed by atoms with Gasteiger partial charge in [0.1, 0.15) is 17.0 Å². The zero-order chi connectivity index (χ0) is 19.7. The van der Waals surface area contributed by atoms with Gasteiger partial charge >= 0.3 is 0 Å². The van der Waals surface area contributed by atoms with Crippen LogP contribution in [0.5, 0.6) is 0 Å². The molecule has 0 radical (unpaired) electrons. The topological polar surface area (TPSA) is 58.1 Å². The molecule has 3 aromatic rings. The van der Waals surface area contributed by atoms with Crippen LogP contribution in [0.4, 0.5) is 11.5 Å². The molecule has 7 heteroatoms. The fraction of sp³-hybridized carbons (Fsp3) is 0.381. The predicted octanol–water partition coefficient (Wildman–Crippen LogP) is 5.07. The molecule has 0 spiro atoms. The van der Waals surface area contributed by atoms with Crippen molar-refractivity contribution in [2.24, 2.45) is 5.92 Å². The number of rotatable bonds is 4. The van der Waals surface area contributed by atoms with E-state index >= 15 is 0 Å². The lowest BCUT2D eigenvalue weighted by molar-refractivity contribution is -0.120. The summed E-state index contributed by atoms with van der Waals surface area (Å²) in [6.45, 7) is 5.67. The quantitative estimate of drug-likeness (QED) is 0.647. The Morgan fingerprint density at radius 1 is 1.36 bits per heavy atom. The zero-order valence-corrected chi connectivity index (χ0v) is 17.6. The molecule has 1 N–H and O–H groups in total. The first-order valence-corrected chi connectivity index (χ1v) is 10.8. The van der Waals surface area contributed by atoms with Crippen LogP contribution in [0.1, 0.15) is 30.2 Å². The van der Waals surface area contributed by atoms with Crippen molar-refractivity contribution in [3.63, 3.8) is 0 Å². The Balaban J connectivity index is 1.52. The molecule has 1 aliphatic heterocycles. The Kier molecular flexibility index (Phi) is 5.51. The number of thiophene rings is 1. The van der Waals surface area contributed by atoms with Crippen molar-refractivity contribution in [2.45, 2.75) is 33.1 Å². The van der Waals surface area contributed by atoms with E-state index in [-0.39, 0.29) is 11.8 Å². The van der Waals surface area contributed by atoms with Gasteiger partial charge in [-0.3, -0.25) is 4.79 Å². The van der Waals surface area contributed by atoms with Gasteiger partial charge in [-0.25, -0.2) is 9.97 Å². The normalized spacial score (nSPS) is 17.1. The molecule has 1 fully saturated rings. The molecule has 4 rings (SSSR count). The minimum absolute atomic E-state index is 0.0366. The number of fused-ring (bicyclic) bond motifs is 1. The van der Waals surface area contributed by atoms with E-state index in [9.17, 15) is 4.79 Å². The number of anilines is 2. The number of halogens is 1. The van der Waals surface area contributed by atoms with Gasteiger partial charge in [-0.15, -0.1) is 11.3 Å². The van der Waals surface area contributed by atoms with Gasteiger partial charge in [0.2, 0.25) is 5.91 Å². The largest absolute Gasteiger partial charge is 0.355 e. The number of aromatic nitrogens is 2. The Labute approximate surface area is 173 Å². The van der Waals surface area contributed by atoms with Crippen molar-refractivity contribution in [1.82, 2.24) is 9.97 Å². The minimum atomic E-state index is -0.0804. The molecule has 1 aliphatic rings. The number of amides is 1. The van der Waals surface area contributed by atoms with E-state index in [1.54, 1.807) is 23.7 Å². The maximum atomic E-state index is 12.8. The van der Waals surface area contributed by atoms with E-state index in [0.29, 0.717) is 11.6 Å². The molecule has 146 valence electrons. The highest BCUT2D eigenvalue weighted by atomic mass is 35.5. The molecule has 0 bridgehead atoms. The Morgan fingerprint density at radius 3 is 3.00 bits per heavy atom. The highest BCUT2D eigenvalue weighted by Crippen LogP contribution is 2.33. The molecule has 1 amide bonds. The third-order valence-corrected chi connectivity index (χ3v) is 6.83. The lowest BCUT2D eigenvalue weighted by atomic mass is 9.96. The second kappa shape index (κ2) is 8.05. The number of benzene rings is 1. The smallest absolute Gasteiger partial charge is 0.229 e. The van der Waals surface area contributed by atoms with Crippen LogP contribution in [0, 0.1) is 12.8 Å². The van der Waals surface area contributed by atoms with Crippen LogP contribution >= 0.6 is 22.9 Å².